The second-order valence-corrected chi connectivity index (χ2v) is 7.20. The quantitative estimate of drug-likeness (QED) is 0.458. The van der Waals surface area contributed by atoms with Crippen LogP contribution in [0.1, 0.15) is 59.1 Å². The van der Waals surface area contributed by atoms with Gasteiger partial charge in [-0.3, -0.25) is 24.1 Å². The zero-order valence-corrected chi connectivity index (χ0v) is 17.7. The molecule has 1 atom stereocenters. The Morgan fingerprint density at radius 3 is 2.00 bits per heavy atom. The van der Waals surface area contributed by atoms with E-state index in [2.05, 4.69) is 0 Å². The number of carbonyl (C=O) groups excluding carboxylic acids is 4. The first kappa shape index (κ1) is 22.2. The Hall–Kier alpha value is -3.48. The van der Waals surface area contributed by atoms with Crippen molar-refractivity contribution in [2.45, 2.75) is 32.8 Å². The minimum absolute atomic E-state index is 0.0116. The molecule has 1 heterocycles. The van der Waals surface area contributed by atoms with Crippen LogP contribution in [0.2, 0.25) is 0 Å². The lowest BCUT2D eigenvalue weighted by Crippen LogP contribution is -2.37. The van der Waals surface area contributed by atoms with Gasteiger partial charge >= 0.3 is 5.97 Å². The number of carbonyl (C=O) groups is 4. The second-order valence-electron chi connectivity index (χ2n) is 7.20. The first-order valence-corrected chi connectivity index (χ1v) is 10.5. The van der Waals surface area contributed by atoms with Crippen LogP contribution in [0.15, 0.2) is 54.6 Å². The Bertz CT molecular complexity index is 934. The minimum Gasteiger partial charge on any atom is -0.447 e. The summed E-state index contributed by atoms with van der Waals surface area (Å²) in [6.45, 7) is 4.87. The molecular formula is C24H26N2O5. The summed E-state index contributed by atoms with van der Waals surface area (Å²) in [6, 6.07) is 15.5. The Morgan fingerprint density at radius 1 is 0.903 bits per heavy atom. The average molecular weight is 422 g/mol. The van der Waals surface area contributed by atoms with Crippen molar-refractivity contribution in [1.29, 1.82) is 0 Å². The third-order valence-electron chi connectivity index (χ3n) is 5.29. The van der Waals surface area contributed by atoms with Crippen molar-refractivity contribution in [1.82, 2.24) is 9.80 Å². The molecule has 0 bridgehead atoms. The van der Waals surface area contributed by atoms with Crippen molar-refractivity contribution in [2.24, 2.45) is 0 Å². The maximum absolute atomic E-state index is 12.9. The summed E-state index contributed by atoms with van der Waals surface area (Å²) < 4.78 is 5.54. The van der Waals surface area contributed by atoms with Gasteiger partial charge in [0.15, 0.2) is 0 Å². The minimum atomic E-state index is -1.02. The highest BCUT2D eigenvalue weighted by atomic mass is 16.5. The molecule has 7 nitrogen and oxygen atoms in total. The number of nitrogens with zero attached hydrogens (tertiary/aromatic N) is 2. The van der Waals surface area contributed by atoms with Crippen LogP contribution in [-0.4, -0.2) is 53.1 Å². The maximum Gasteiger partial charge on any atom is 0.306 e. The third kappa shape index (κ3) is 4.82. The number of fused-ring (bicyclic) bond motifs is 1. The van der Waals surface area contributed by atoms with Gasteiger partial charge in [-0.05, 0) is 32.4 Å². The van der Waals surface area contributed by atoms with E-state index in [4.69, 9.17) is 4.74 Å². The number of rotatable bonds is 9. The Labute approximate surface area is 181 Å². The van der Waals surface area contributed by atoms with Crippen LogP contribution >= 0.6 is 0 Å². The van der Waals surface area contributed by atoms with Crippen LogP contribution in [0.4, 0.5) is 0 Å². The van der Waals surface area contributed by atoms with Gasteiger partial charge in [-0.1, -0.05) is 42.5 Å². The molecule has 31 heavy (non-hydrogen) atoms. The summed E-state index contributed by atoms with van der Waals surface area (Å²) >= 11 is 0. The van der Waals surface area contributed by atoms with E-state index < -0.39 is 12.1 Å². The fourth-order valence-corrected chi connectivity index (χ4v) is 3.60. The number of esters is 1. The Balaban J connectivity index is 1.61. The number of likely N-dealkylation sites (N-methyl/N-ethyl adjacent to an activating group) is 1. The van der Waals surface area contributed by atoms with Gasteiger partial charge in [-0.2, -0.15) is 0 Å². The average Bonchev–Trinajstić information content (AvgIpc) is 3.04. The molecule has 0 aliphatic carbocycles. The molecule has 1 aliphatic rings. The maximum atomic E-state index is 12.9. The molecule has 1 aliphatic heterocycles. The molecule has 0 radical (unpaired) electrons. The van der Waals surface area contributed by atoms with E-state index in [9.17, 15) is 19.2 Å². The summed E-state index contributed by atoms with van der Waals surface area (Å²) in [6.07, 6.45) is -0.777. The number of ether oxygens (including phenoxy) is 1. The van der Waals surface area contributed by atoms with Crippen molar-refractivity contribution >= 4 is 23.7 Å². The van der Waals surface area contributed by atoms with Gasteiger partial charge < -0.3 is 9.64 Å². The normalized spacial score (nSPS) is 13.7. The first-order chi connectivity index (χ1) is 15.0. The van der Waals surface area contributed by atoms with Gasteiger partial charge in [0.25, 0.3) is 17.7 Å². The molecule has 0 spiro atoms. The SMILES string of the molecule is CCN(CC)C(=O)[C@H](OC(=O)CCCN1C(=O)c2ccccc2C1=O)c1ccccc1. The summed E-state index contributed by atoms with van der Waals surface area (Å²) in [4.78, 5) is 53.0. The highest BCUT2D eigenvalue weighted by Gasteiger charge is 2.35. The molecule has 0 saturated heterocycles. The molecule has 3 amide bonds. The number of hydrogen-bond acceptors (Lipinski definition) is 5. The standard InChI is InChI=1S/C24H26N2O5/c1-3-25(4-2)24(30)21(17-11-6-5-7-12-17)31-20(27)15-10-16-26-22(28)18-13-8-9-14-19(18)23(26)29/h5-9,11-14,21H,3-4,10,15-16H2,1-2H3/t21-/m1/s1. The van der Waals surface area contributed by atoms with Crippen LogP contribution < -0.4 is 0 Å². The number of hydrogen-bond donors (Lipinski definition) is 0. The van der Waals surface area contributed by atoms with Crippen molar-refractivity contribution in [3.63, 3.8) is 0 Å². The van der Waals surface area contributed by atoms with Crippen LogP contribution in [0.3, 0.4) is 0 Å². The van der Waals surface area contributed by atoms with Crippen molar-refractivity contribution in [2.75, 3.05) is 19.6 Å². The topological polar surface area (TPSA) is 84.0 Å². The Kier molecular flexibility index (Phi) is 7.18. The van der Waals surface area contributed by atoms with E-state index >= 15 is 0 Å². The summed E-state index contributed by atoms with van der Waals surface area (Å²) in [5, 5.41) is 0. The van der Waals surface area contributed by atoms with Crippen molar-refractivity contribution < 1.29 is 23.9 Å². The number of benzene rings is 2. The molecule has 2 aromatic rings. The van der Waals surface area contributed by atoms with E-state index in [1.165, 1.54) is 0 Å². The van der Waals surface area contributed by atoms with Crippen molar-refractivity contribution in [3.05, 3.63) is 71.3 Å². The lowest BCUT2D eigenvalue weighted by Gasteiger charge is -2.25. The number of imide groups is 1. The van der Waals surface area contributed by atoms with E-state index in [-0.39, 0.29) is 37.1 Å². The van der Waals surface area contributed by atoms with Gasteiger partial charge in [-0.15, -0.1) is 0 Å². The van der Waals surface area contributed by atoms with E-state index in [1.807, 2.05) is 19.9 Å². The molecule has 7 heteroatoms. The van der Waals surface area contributed by atoms with E-state index in [0.717, 1.165) is 4.90 Å². The molecule has 0 aromatic heterocycles. The first-order valence-electron chi connectivity index (χ1n) is 10.5. The molecule has 2 aromatic carbocycles. The molecule has 162 valence electrons. The predicted octanol–water partition coefficient (Wildman–Crippen LogP) is 3.22. The largest absolute Gasteiger partial charge is 0.447 e. The van der Waals surface area contributed by atoms with Crippen LogP contribution in [0.25, 0.3) is 0 Å². The lowest BCUT2D eigenvalue weighted by molar-refractivity contribution is -0.161. The zero-order valence-electron chi connectivity index (χ0n) is 17.7. The van der Waals surface area contributed by atoms with Crippen LogP contribution in [-0.2, 0) is 14.3 Å². The van der Waals surface area contributed by atoms with Gasteiger partial charge in [-0.25, -0.2) is 0 Å². The highest BCUT2D eigenvalue weighted by Crippen LogP contribution is 2.24. The predicted molar refractivity (Wildman–Crippen MR) is 114 cm³/mol. The van der Waals surface area contributed by atoms with Gasteiger partial charge in [0.2, 0.25) is 6.10 Å². The smallest absolute Gasteiger partial charge is 0.306 e. The fraction of sp³-hybridized carbons (Fsp3) is 0.333. The Morgan fingerprint density at radius 2 is 1.45 bits per heavy atom. The molecule has 0 saturated carbocycles. The highest BCUT2D eigenvalue weighted by molar-refractivity contribution is 6.21. The zero-order chi connectivity index (χ0) is 22.4. The monoisotopic (exact) mass is 422 g/mol. The third-order valence-corrected chi connectivity index (χ3v) is 5.29. The lowest BCUT2D eigenvalue weighted by atomic mass is 10.1. The van der Waals surface area contributed by atoms with E-state index in [1.54, 1.807) is 53.4 Å². The molecule has 0 unspecified atom stereocenters. The summed E-state index contributed by atoms with van der Waals surface area (Å²) in [7, 11) is 0. The van der Waals surface area contributed by atoms with Gasteiger partial charge in [0.1, 0.15) is 0 Å². The van der Waals surface area contributed by atoms with E-state index in [0.29, 0.717) is 29.8 Å². The molecule has 0 fully saturated rings. The summed E-state index contributed by atoms with van der Waals surface area (Å²) in [5.74, 6) is -1.53. The van der Waals surface area contributed by atoms with Gasteiger partial charge in [0.05, 0.1) is 11.1 Å². The summed E-state index contributed by atoms with van der Waals surface area (Å²) in [5.41, 5.74) is 1.36. The molecular weight excluding hydrogens is 396 g/mol. The number of amides is 3. The molecule has 3 rings (SSSR count). The van der Waals surface area contributed by atoms with Gasteiger partial charge in [0, 0.05) is 31.6 Å². The van der Waals surface area contributed by atoms with Crippen LogP contribution in [0.5, 0.6) is 0 Å². The molecule has 0 N–H and O–H groups in total. The van der Waals surface area contributed by atoms with Crippen molar-refractivity contribution in [3.8, 4) is 0 Å². The van der Waals surface area contributed by atoms with Crippen LogP contribution in [0, 0.1) is 0 Å². The second kappa shape index (κ2) is 10.0. The fourth-order valence-electron chi connectivity index (χ4n) is 3.60.